The van der Waals surface area contributed by atoms with Crippen LogP contribution in [-0.2, 0) is 6.42 Å². The highest BCUT2D eigenvalue weighted by molar-refractivity contribution is 5.69. The normalized spacial score (nSPS) is 15.8. The van der Waals surface area contributed by atoms with Crippen LogP contribution in [0.25, 0.3) is 18.3 Å². The lowest BCUT2D eigenvalue weighted by atomic mass is 9.87. The van der Waals surface area contributed by atoms with Crippen LogP contribution in [0.4, 0.5) is 0 Å². The van der Waals surface area contributed by atoms with E-state index in [1.54, 1.807) is 6.08 Å². The molecule has 0 aliphatic carbocycles. The number of fused-ring (bicyclic) bond motifs is 1. The molecule has 1 aliphatic heterocycles. The van der Waals surface area contributed by atoms with Gasteiger partial charge in [-0.2, -0.15) is 0 Å². The third-order valence-electron chi connectivity index (χ3n) is 5.78. The average molecular weight is 390 g/mol. The Morgan fingerprint density at radius 3 is 2.59 bits per heavy atom. The van der Waals surface area contributed by atoms with Crippen LogP contribution in [0.3, 0.4) is 0 Å². The molecule has 5 heteroatoms. The predicted octanol–water partition coefficient (Wildman–Crippen LogP) is 2.83. The molecule has 2 aromatic carbocycles. The number of hydrogen-bond acceptors (Lipinski definition) is 3. The Balaban J connectivity index is 1.98. The molecular formula is C24H26N2O3. The predicted molar refractivity (Wildman–Crippen MR) is 115 cm³/mol. The van der Waals surface area contributed by atoms with Gasteiger partial charge in [0.25, 0.3) is 5.56 Å². The summed E-state index contributed by atoms with van der Waals surface area (Å²) in [6.45, 7) is 12.0. The molecule has 2 N–H and O–H groups in total. The molecule has 0 unspecified atom stereocenters. The molecule has 1 aliphatic rings. The van der Waals surface area contributed by atoms with E-state index in [2.05, 4.69) is 25.5 Å². The monoisotopic (exact) mass is 390 g/mol. The first-order chi connectivity index (χ1) is 13.7. The number of phenols is 1. The molecule has 0 amide bonds. The van der Waals surface area contributed by atoms with Gasteiger partial charge in [0.1, 0.15) is 17.1 Å². The van der Waals surface area contributed by atoms with Crippen molar-refractivity contribution in [3.05, 3.63) is 73.5 Å². The Morgan fingerprint density at radius 1 is 1.21 bits per heavy atom. The third kappa shape index (κ3) is 3.16. The highest BCUT2D eigenvalue weighted by atomic mass is 16.5. The summed E-state index contributed by atoms with van der Waals surface area (Å²) in [5.41, 5.74) is 3.55. The van der Waals surface area contributed by atoms with Crippen molar-refractivity contribution in [3.63, 3.8) is 0 Å². The fraction of sp³-hybridized carbons (Fsp3) is 0.292. The van der Waals surface area contributed by atoms with Crippen molar-refractivity contribution in [1.29, 1.82) is 0 Å². The highest BCUT2D eigenvalue weighted by Gasteiger charge is 2.31. The summed E-state index contributed by atoms with van der Waals surface area (Å²) in [6.07, 6.45) is 3.34. The van der Waals surface area contributed by atoms with Crippen LogP contribution in [0.5, 0.6) is 11.5 Å². The van der Waals surface area contributed by atoms with E-state index in [0.717, 1.165) is 41.0 Å². The number of aromatic hydroxyl groups is 1. The fourth-order valence-corrected chi connectivity index (χ4v) is 3.88. The third-order valence-corrected chi connectivity index (χ3v) is 5.78. The molecule has 0 atom stereocenters. The van der Waals surface area contributed by atoms with Crippen molar-refractivity contribution < 1.29 is 9.84 Å². The van der Waals surface area contributed by atoms with Gasteiger partial charge in [-0.05, 0) is 69.9 Å². The Bertz CT molecular complexity index is 1260. The van der Waals surface area contributed by atoms with Gasteiger partial charge in [0.15, 0.2) is 0 Å². The van der Waals surface area contributed by atoms with Crippen molar-refractivity contribution >= 4 is 12.7 Å². The van der Waals surface area contributed by atoms with E-state index in [-0.39, 0.29) is 16.9 Å². The minimum Gasteiger partial charge on any atom is -0.507 e. The number of para-hydroxylation sites is 1. The minimum atomic E-state index is -0.260. The van der Waals surface area contributed by atoms with E-state index < -0.39 is 0 Å². The topological polar surface area (TPSA) is 67.2 Å². The van der Waals surface area contributed by atoms with E-state index in [4.69, 9.17) is 4.74 Å². The second kappa shape index (κ2) is 6.69. The number of nitrogens with one attached hydrogen (secondary N) is 1. The largest absolute Gasteiger partial charge is 0.507 e. The van der Waals surface area contributed by atoms with Crippen molar-refractivity contribution in [1.82, 2.24) is 9.78 Å². The molecular weight excluding hydrogens is 364 g/mol. The Kier molecular flexibility index (Phi) is 4.41. The maximum Gasteiger partial charge on any atom is 0.279 e. The van der Waals surface area contributed by atoms with Crippen LogP contribution in [0.2, 0.25) is 0 Å². The van der Waals surface area contributed by atoms with Gasteiger partial charge >= 0.3 is 0 Å². The van der Waals surface area contributed by atoms with Gasteiger partial charge < -0.3 is 9.84 Å². The molecule has 0 bridgehead atoms. The lowest BCUT2D eigenvalue weighted by Crippen LogP contribution is -2.35. The number of H-pyrrole nitrogens is 1. The summed E-state index contributed by atoms with van der Waals surface area (Å²) in [6, 6.07) is 9.36. The molecule has 29 heavy (non-hydrogen) atoms. The molecule has 4 rings (SSSR count). The molecule has 0 spiro atoms. The standard InChI is InChI=1S/C24H26N2O3/c1-14-15(2)22-18(11-12-24(4,5)29-22)20(21(14)27)13-19-16(3)25-26(23(19)28)17-9-7-6-8-10-17/h6-10,13,25,27H,3,11-12H2,1-2,4-5H3. The first kappa shape index (κ1) is 19.1. The first-order valence-corrected chi connectivity index (χ1v) is 9.81. The number of aromatic nitrogens is 2. The summed E-state index contributed by atoms with van der Waals surface area (Å²) in [5.74, 6) is 1.00. The van der Waals surface area contributed by atoms with Crippen LogP contribution in [0.15, 0.2) is 35.1 Å². The van der Waals surface area contributed by atoms with Crippen LogP contribution in [0, 0.1) is 13.8 Å². The van der Waals surface area contributed by atoms with E-state index in [1.165, 1.54) is 4.68 Å². The molecule has 150 valence electrons. The Hall–Kier alpha value is -3.21. The molecule has 0 saturated carbocycles. The number of rotatable bonds is 2. The van der Waals surface area contributed by atoms with Crippen LogP contribution >= 0.6 is 0 Å². The smallest absolute Gasteiger partial charge is 0.279 e. The van der Waals surface area contributed by atoms with Crippen molar-refractivity contribution in [2.24, 2.45) is 0 Å². The summed E-state index contributed by atoms with van der Waals surface area (Å²) >= 11 is 0. The van der Waals surface area contributed by atoms with Crippen LogP contribution in [0.1, 0.15) is 42.5 Å². The summed E-state index contributed by atoms with van der Waals surface area (Å²) < 4.78 is 7.73. The Morgan fingerprint density at radius 2 is 1.90 bits per heavy atom. The first-order valence-electron chi connectivity index (χ1n) is 9.81. The number of ether oxygens (including phenoxy) is 1. The molecule has 5 nitrogen and oxygen atoms in total. The van der Waals surface area contributed by atoms with Crippen molar-refractivity contribution in [2.75, 3.05) is 0 Å². The number of aromatic amines is 1. The molecule has 0 saturated heterocycles. The zero-order valence-electron chi connectivity index (χ0n) is 17.3. The summed E-state index contributed by atoms with van der Waals surface area (Å²) in [5, 5.41) is 14.9. The molecule has 0 radical (unpaired) electrons. The van der Waals surface area contributed by atoms with E-state index in [9.17, 15) is 9.90 Å². The maximum absolute atomic E-state index is 13.1. The maximum atomic E-state index is 13.1. The number of phenolic OH excluding ortho intramolecular Hbond substituents is 1. The number of hydrogen-bond donors (Lipinski definition) is 2. The van der Waals surface area contributed by atoms with Crippen LogP contribution < -0.4 is 20.9 Å². The van der Waals surface area contributed by atoms with Gasteiger partial charge in [-0.25, -0.2) is 4.68 Å². The van der Waals surface area contributed by atoms with Gasteiger partial charge in [0, 0.05) is 11.1 Å². The lowest BCUT2D eigenvalue weighted by Gasteiger charge is -2.35. The van der Waals surface area contributed by atoms with Crippen LogP contribution in [-0.4, -0.2) is 20.5 Å². The summed E-state index contributed by atoms with van der Waals surface area (Å²) in [7, 11) is 0. The number of benzene rings is 2. The van der Waals surface area contributed by atoms with E-state index in [0.29, 0.717) is 16.1 Å². The second-order valence-corrected chi connectivity index (χ2v) is 8.31. The number of nitrogens with zero attached hydrogens (tertiary/aromatic N) is 1. The van der Waals surface area contributed by atoms with Gasteiger partial charge in [0.05, 0.1) is 16.3 Å². The van der Waals surface area contributed by atoms with Gasteiger partial charge in [-0.1, -0.05) is 24.8 Å². The fourth-order valence-electron chi connectivity index (χ4n) is 3.88. The quantitative estimate of drug-likeness (QED) is 0.707. The summed E-state index contributed by atoms with van der Waals surface area (Å²) in [4.78, 5) is 13.1. The van der Waals surface area contributed by atoms with Gasteiger partial charge in [-0.3, -0.25) is 9.89 Å². The molecule has 1 aromatic heterocycles. The zero-order valence-corrected chi connectivity index (χ0v) is 17.3. The zero-order chi connectivity index (χ0) is 20.9. The molecule has 2 heterocycles. The molecule has 3 aromatic rings. The van der Waals surface area contributed by atoms with Gasteiger partial charge in [-0.15, -0.1) is 0 Å². The van der Waals surface area contributed by atoms with E-state index in [1.807, 2.05) is 44.2 Å². The second-order valence-electron chi connectivity index (χ2n) is 8.31. The van der Waals surface area contributed by atoms with Crippen molar-refractivity contribution in [2.45, 2.75) is 46.1 Å². The average Bonchev–Trinajstić information content (AvgIpc) is 2.98. The Labute approximate surface area is 169 Å². The van der Waals surface area contributed by atoms with Crippen molar-refractivity contribution in [3.8, 4) is 17.2 Å². The SMILES string of the molecule is C=c1[nH]n(-c2ccccc2)c(=O)c1=Cc1c(O)c(C)c(C)c2c1CCC(C)(C)O2. The lowest BCUT2D eigenvalue weighted by molar-refractivity contribution is 0.0833. The highest BCUT2D eigenvalue weighted by Crippen LogP contribution is 2.43. The van der Waals surface area contributed by atoms with E-state index >= 15 is 0 Å². The molecule has 0 fully saturated rings. The van der Waals surface area contributed by atoms with Gasteiger partial charge in [0.2, 0.25) is 0 Å². The minimum absolute atomic E-state index is 0.191.